The van der Waals surface area contributed by atoms with E-state index in [0.717, 1.165) is 4.90 Å². The Labute approximate surface area is 196 Å². The fourth-order valence-corrected chi connectivity index (χ4v) is 3.68. The van der Waals surface area contributed by atoms with Gasteiger partial charge in [0.25, 0.3) is 17.7 Å². The highest BCUT2D eigenvalue weighted by Gasteiger charge is 2.36. The first-order valence-corrected chi connectivity index (χ1v) is 10.7. The summed E-state index contributed by atoms with van der Waals surface area (Å²) in [6, 6.07) is 20.2. The van der Waals surface area contributed by atoms with E-state index in [0.29, 0.717) is 33.8 Å². The summed E-state index contributed by atoms with van der Waals surface area (Å²) in [6.45, 7) is 3.81. The molecule has 0 aromatic heterocycles. The van der Waals surface area contributed by atoms with Gasteiger partial charge in [-0.05, 0) is 74.6 Å². The number of hydrogen-bond acceptors (Lipinski definition) is 5. The Hall–Kier alpha value is -4.04. The average molecular weight is 460 g/mol. The van der Waals surface area contributed by atoms with Crippen LogP contribution >= 0.6 is 12.2 Å². The molecule has 3 aromatic carbocycles. The maximum atomic E-state index is 12.7. The van der Waals surface area contributed by atoms with E-state index >= 15 is 0 Å². The zero-order valence-electron chi connectivity index (χ0n) is 18.0. The van der Waals surface area contributed by atoms with Gasteiger partial charge in [-0.15, -0.1) is 0 Å². The highest BCUT2D eigenvalue weighted by molar-refractivity contribution is 7.80. The van der Waals surface area contributed by atoms with Crippen molar-refractivity contribution in [3.63, 3.8) is 0 Å². The number of rotatable bonds is 5. The second kappa shape index (κ2) is 9.22. The van der Waals surface area contributed by atoms with E-state index in [-0.39, 0.29) is 23.0 Å². The molecular formula is C25H21N3O4S. The molecule has 0 radical (unpaired) electrons. The summed E-state index contributed by atoms with van der Waals surface area (Å²) < 4.78 is 5.62. The number of fused-ring (bicyclic) bond motifs is 1. The number of carbonyl (C=O) groups is 3. The van der Waals surface area contributed by atoms with Crippen LogP contribution in [0.15, 0.2) is 72.8 Å². The second-order valence-electron chi connectivity index (χ2n) is 7.64. The van der Waals surface area contributed by atoms with Gasteiger partial charge in [0.1, 0.15) is 5.75 Å². The fourth-order valence-electron chi connectivity index (χ4n) is 3.47. The van der Waals surface area contributed by atoms with E-state index in [1.807, 2.05) is 13.8 Å². The molecule has 166 valence electrons. The molecular weight excluding hydrogens is 438 g/mol. The van der Waals surface area contributed by atoms with E-state index in [1.54, 1.807) is 72.8 Å². The number of amides is 3. The molecule has 1 aliphatic heterocycles. The van der Waals surface area contributed by atoms with Crippen molar-refractivity contribution in [3.8, 4) is 5.75 Å². The van der Waals surface area contributed by atoms with Crippen LogP contribution in [0.3, 0.4) is 0 Å². The van der Waals surface area contributed by atoms with Crippen LogP contribution in [0.4, 0.5) is 11.4 Å². The number of imide groups is 1. The molecule has 3 aromatic rings. The molecule has 3 amide bonds. The third kappa shape index (κ3) is 4.75. The van der Waals surface area contributed by atoms with Gasteiger partial charge in [-0.3, -0.25) is 19.7 Å². The Morgan fingerprint density at radius 2 is 1.58 bits per heavy atom. The molecule has 0 unspecified atom stereocenters. The van der Waals surface area contributed by atoms with Crippen molar-refractivity contribution in [1.29, 1.82) is 0 Å². The molecule has 0 saturated carbocycles. The number of hydrogen-bond donors (Lipinski definition) is 2. The minimum Gasteiger partial charge on any atom is -0.491 e. The molecule has 0 bridgehead atoms. The van der Waals surface area contributed by atoms with Gasteiger partial charge in [0.2, 0.25) is 0 Å². The van der Waals surface area contributed by atoms with Gasteiger partial charge in [0.05, 0.1) is 22.9 Å². The summed E-state index contributed by atoms with van der Waals surface area (Å²) in [5.74, 6) is -0.567. The number of thiocarbonyl (C=S) groups is 1. The molecule has 0 aliphatic carbocycles. The smallest absolute Gasteiger partial charge is 0.266 e. The lowest BCUT2D eigenvalue weighted by Gasteiger charge is -2.16. The van der Waals surface area contributed by atoms with Crippen molar-refractivity contribution < 1.29 is 19.1 Å². The Bertz CT molecular complexity index is 1240. The van der Waals surface area contributed by atoms with Crippen LogP contribution in [-0.4, -0.2) is 28.9 Å². The first-order chi connectivity index (χ1) is 15.8. The van der Waals surface area contributed by atoms with Crippen molar-refractivity contribution in [3.05, 3.63) is 89.5 Å². The zero-order chi connectivity index (χ0) is 23.5. The first kappa shape index (κ1) is 22.2. The monoisotopic (exact) mass is 459 g/mol. The Kier molecular flexibility index (Phi) is 6.19. The lowest BCUT2D eigenvalue weighted by Crippen LogP contribution is -2.34. The summed E-state index contributed by atoms with van der Waals surface area (Å²) in [7, 11) is 0. The van der Waals surface area contributed by atoms with Crippen molar-refractivity contribution >= 4 is 46.4 Å². The molecule has 0 fully saturated rings. The average Bonchev–Trinajstić information content (AvgIpc) is 3.04. The standard InChI is InChI=1S/C25H21N3O4S/c1-15(2)32-19-10-5-7-16(13-19)22(29)27-25(33)26-17-8-6-9-18(14-17)28-23(30)20-11-3-4-12-21(20)24(28)31/h3-15H,1-2H3,(H2,26,27,29,33). The van der Waals surface area contributed by atoms with Crippen LogP contribution in [0.1, 0.15) is 44.9 Å². The van der Waals surface area contributed by atoms with Crippen molar-refractivity contribution in [1.82, 2.24) is 5.32 Å². The Balaban J connectivity index is 1.45. The molecule has 1 aliphatic rings. The van der Waals surface area contributed by atoms with Crippen LogP contribution in [0.5, 0.6) is 5.75 Å². The third-order valence-electron chi connectivity index (χ3n) is 4.85. The summed E-state index contributed by atoms with van der Waals surface area (Å²) >= 11 is 5.27. The van der Waals surface area contributed by atoms with Crippen LogP contribution < -0.4 is 20.3 Å². The Morgan fingerprint density at radius 3 is 2.24 bits per heavy atom. The van der Waals surface area contributed by atoms with Gasteiger partial charge in [0.15, 0.2) is 5.11 Å². The summed E-state index contributed by atoms with van der Waals surface area (Å²) in [4.78, 5) is 39.2. The molecule has 1 heterocycles. The molecule has 4 rings (SSSR count). The molecule has 33 heavy (non-hydrogen) atoms. The van der Waals surface area contributed by atoms with Gasteiger partial charge < -0.3 is 10.1 Å². The van der Waals surface area contributed by atoms with Crippen LogP contribution in [-0.2, 0) is 0 Å². The van der Waals surface area contributed by atoms with Crippen LogP contribution in [0, 0.1) is 0 Å². The normalized spacial score (nSPS) is 12.5. The number of anilines is 2. The highest BCUT2D eigenvalue weighted by Crippen LogP contribution is 2.29. The highest BCUT2D eigenvalue weighted by atomic mass is 32.1. The minimum atomic E-state index is -0.391. The molecule has 7 nitrogen and oxygen atoms in total. The van der Waals surface area contributed by atoms with E-state index in [9.17, 15) is 14.4 Å². The predicted octanol–water partition coefficient (Wildman–Crippen LogP) is 4.40. The number of benzene rings is 3. The second-order valence-corrected chi connectivity index (χ2v) is 8.05. The Morgan fingerprint density at radius 1 is 0.909 bits per heavy atom. The molecule has 8 heteroatoms. The number of ether oxygens (including phenoxy) is 1. The van der Waals surface area contributed by atoms with Gasteiger partial charge >= 0.3 is 0 Å². The number of nitrogens with one attached hydrogen (secondary N) is 2. The summed E-state index contributed by atoms with van der Waals surface area (Å²) in [5, 5.41) is 5.63. The van der Waals surface area contributed by atoms with Crippen molar-refractivity contribution in [2.75, 3.05) is 10.2 Å². The predicted molar refractivity (Wildman–Crippen MR) is 130 cm³/mol. The maximum absolute atomic E-state index is 12.7. The van der Waals surface area contributed by atoms with Gasteiger partial charge in [0, 0.05) is 11.3 Å². The van der Waals surface area contributed by atoms with Crippen molar-refractivity contribution in [2.24, 2.45) is 0 Å². The van der Waals surface area contributed by atoms with E-state index < -0.39 is 5.91 Å². The topological polar surface area (TPSA) is 87.7 Å². The fraction of sp³-hybridized carbons (Fsp3) is 0.120. The van der Waals surface area contributed by atoms with E-state index in [4.69, 9.17) is 17.0 Å². The van der Waals surface area contributed by atoms with E-state index in [1.165, 1.54) is 0 Å². The van der Waals surface area contributed by atoms with Crippen molar-refractivity contribution in [2.45, 2.75) is 20.0 Å². The van der Waals surface area contributed by atoms with Gasteiger partial charge in [-0.1, -0.05) is 24.3 Å². The maximum Gasteiger partial charge on any atom is 0.266 e. The summed E-state index contributed by atoms with van der Waals surface area (Å²) in [5.41, 5.74) is 2.06. The van der Waals surface area contributed by atoms with Crippen LogP contribution in [0.25, 0.3) is 0 Å². The first-order valence-electron chi connectivity index (χ1n) is 10.3. The third-order valence-corrected chi connectivity index (χ3v) is 5.06. The lowest BCUT2D eigenvalue weighted by molar-refractivity contribution is 0.0924. The minimum absolute atomic E-state index is 0.0134. The van der Waals surface area contributed by atoms with E-state index in [2.05, 4.69) is 10.6 Å². The zero-order valence-corrected chi connectivity index (χ0v) is 18.8. The number of carbonyl (C=O) groups excluding carboxylic acids is 3. The lowest BCUT2D eigenvalue weighted by atomic mass is 10.1. The SMILES string of the molecule is CC(C)Oc1cccc(C(=O)NC(=S)Nc2cccc(N3C(=O)c4ccccc4C3=O)c2)c1. The van der Waals surface area contributed by atoms with Gasteiger partial charge in [-0.2, -0.15) is 0 Å². The largest absolute Gasteiger partial charge is 0.491 e. The quantitative estimate of drug-likeness (QED) is 0.434. The number of nitrogens with zero attached hydrogens (tertiary/aromatic N) is 1. The molecule has 0 atom stereocenters. The van der Waals surface area contributed by atoms with Crippen LogP contribution in [0.2, 0.25) is 0 Å². The van der Waals surface area contributed by atoms with Gasteiger partial charge in [-0.25, -0.2) is 4.90 Å². The molecule has 2 N–H and O–H groups in total. The molecule has 0 saturated heterocycles. The summed E-state index contributed by atoms with van der Waals surface area (Å²) in [6.07, 6.45) is -0.0134. The molecule has 0 spiro atoms.